The van der Waals surface area contributed by atoms with Crippen LogP contribution in [0, 0.1) is 13.8 Å². The Morgan fingerprint density at radius 1 is 1.13 bits per heavy atom. The summed E-state index contributed by atoms with van der Waals surface area (Å²) >= 11 is 0. The van der Waals surface area contributed by atoms with Crippen molar-refractivity contribution in [3.8, 4) is 17.1 Å². The highest BCUT2D eigenvalue weighted by Crippen LogP contribution is 2.40. The molecule has 0 fully saturated rings. The van der Waals surface area contributed by atoms with Gasteiger partial charge in [-0.3, -0.25) is 0 Å². The van der Waals surface area contributed by atoms with Crippen LogP contribution < -0.4 is 0 Å². The fourth-order valence-electron chi connectivity index (χ4n) is 2.97. The molecule has 2 aromatic carbocycles. The number of aromatic carboxylic acids is 1. The van der Waals surface area contributed by atoms with E-state index in [0.29, 0.717) is 22.3 Å². The van der Waals surface area contributed by atoms with Gasteiger partial charge in [0.15, 0.2) is 5.76 Å². The predicted octanol–water partition coefficient (Wildman–Crippen LogP) is 4.68. The molecule has 4 heteroatoms. The first kappa shape index (κ1) is 15.2. The number of carbonyl (C=O) groups is 1. The largest absolute Gasteiger partial charge is 0.507 e. The second-order valence-corrected chi connectivity index (χ2v) is 5.62. The zero-order chi connectivity index (χ0) is 16.7. The molecule has 118 valence electrons. The highest BCUT2D eigenvalue weighted by Gasteiger charge is 2.24. The van der Waals surface area contributed by atoms with Gasteiger partial charge in [0.1, 0.15) is 17.1 Å². The average Bonchev–Trinajstić information content (AvgIpc) is 2.82. The highest BCUT2D eigenvalue weighted by molar-refractivity contribution is 6.01. The Morgan fingerprint density at radius 2 is 1.87 bits per heavy atom. The zero-order valence-corrected chi connectivity index (χ0v) is 13.3. The first-order valence-corrected chi connectivity index (χ1v) is 7.52. The van der Waals surface area contributed by atoms with E-state index in [4.69, 9.17) is 4.42 Å². The Kier molecular flexibility index (Phi) is 3.60. The van der Waals surface area contributed by atoms with Gasteiger partial charge in [0.2, 0.25) is 0 Å². The van der Waals surface area contributed by atoms with Gasteiger partial charge in [-0.1, -0.05) is 31.2 Å². The van der Waals surface area contributed by atoms with E-state index in [-0.39, 0.29) is 17.1 Å². The van der Waals surface area contributed by atoms with Crippen LogP contribution in [0.1, 0.15) is 34.2 Å². The third kappa shape index (κ3) is 2.27. The molecular weight excluding hydrogens is 292 g/mol. The zero-order valence-electron chi connectivity index (χ0n) is 13.3. The number of furan rings is 1. The van der Waals surface area contributed by atoms with Crippen LogP contribution in [0.15, 0.2) is 34.7 Å². The minimum absolute atomic E-state index is 0.0500. The molecule has 0 aliphatic rings. The summed E-state index contributed by atoms with van der Waals surface area (Å²) in [6, 6.07) is 9.37. The Hall–Kier alpha value is -2.75. The van der Waals surface area contributed by atoms with Crippen LogP contribution in [0.4, 0.5) is 0 Å². The van der Waals surface area contributed by atoms with Crippen molar-refractivity contribution in [2.24, 2.45) is 0 Å². The average molecular weight is 310 g/mol. The fourth-order valence-corrected chi connectivity index (χ4v) is 2.97. The summed E-state index contributed by atoms with van der Waals surface area (Å²) in [5.74, 6) is -0.266. The first-order valence-electron chi connectivity index (χ1n) is 7.52. The lowest BCUT2D eigenvalue weighted by atomic mass is 9.97. The molecule has 1 aromatic heterocycles. The third-order valence-corrected chi connectivity index (χ3v) is 4.35. The van der Waals surface area contributed by atoms with Crippen molar-refractivity contribution in [1.82, 2.24) is 0 Å². The molecule has 0 saturated carbocycles. The number of aromatic hydroxyl groups is 1. The molecule has 4 nitrogen and oxygen atoms in total. The van der Waals surface area contributed by atoms with E-state index in [9.17, 15) is 15.0 Å². The van der Waals surface area contributed by atoms with Gasteiger partial charge < -0.3 is 14.6 Å². The normalized spacial score (nSPS) is 11.1. The Labute approximate surface area is 134 Å². The summed E-state index contributed by atoms with van der Waals surface area (Å²) < 4.78 is 5.64. The summed E-state index contributed by atoms with van der Waals surface area (Å²) in [5.41, 5.74) is 2.21. The number of rotatable bonds is 3. The second kappa shape index (κ2) is 5.47. The number of carboxylic acids is 1. The van der Waals surface area contributed by atoms with E-state index in [0.717, 1.165) is 17.4 Å². The van der Waals surface area contributed by atoms with Crippen molar-refractivity contribution in [3.63, 3.8) is 0 Å². The molecule has 23 heavy (non-hydrogen) atoms. The van der Waals surface area contributed by atoms with E-state index in [1.165, 1.54) is 0 Å². The maximum atomic E-state index is 11.6. The maximum Gasteiger partial charge on any atom is 0.339 e. The van der Waals surface area contributed by atoms with Crippen molar-refractivity contribution in [2.45, 2.75) is 27.2 Å². The predicted molar refractivity (Wildman–Crippen MR) is 89.1 cm³/mol. The lowest BCUT2D eigenvalue weighted by molar-refractivity contribution is 0.0696. The number of phenols is 1. The monoisotopic (exact) mass is 310 g/mol. The molecule has 0 amide bonds. The topological polar surface area (TPSA) is 70.7 Å². The van der Waals surface area contributed by atoms with E-state index < -0.39 is 5.97 Å². The maximum absolute atomic E-state index is 11.6. The van der Waals surface area contributed by atoms with E-state index in [1.54, 1.807) is 19.9 Å². The van der Waals surface area contributed by atoms with Crippen LogP contribution in [0.3, 0.4) is 0 Å². The summed E-state index contributed by atoms with van der Waals surface area (Å²) in [6.45, 7) is 5.49. The lowest BCUT2D eigenvalue weighted by Crippen LogP contribution is -1.99. The van der Waals surface area contributed by atoms with E-state index in [2.05, 4.69) is 6.92 Å². The third-order valence-electron chi connectivity index (χ3n) is 4.35. The lowest BCUT2D eigenvalue weighted by Gasteiger charge is -2.10. The van der Waals surface area contributed by atoms with Crippen LogP contribution in [0.25, 0.3) is 22.1 Å². The first-order chi connectivity index (χ1) is 11.0. The minimum Gasteiger partial charge on any atom is -0.507 e. The summed E-state index contributed by atoms with van der Waals surface area (Å²) in [4.78, 5) is 11.6. The fraction of sp³-hybridized carbons (Fsp3) is 0.211. The van der Waals surface area contributed by atoms with E-state index >= 15 is 0 Å². The SMILES string of the molecule is CCc1cccc2c(O)c(-c3oc(C)c(C)c3C(=O)O)ccc12. The number of fused-ring (bicyclic) bond motifs is 1. The number of benzene rings is 2. The van der Waals surface area contributed by atoms with Gasteiger partial charge in [0.25, 0.3) is 0 Å². The van der Waals surface area contributed by atoms with Crippen molar-refractivity contribution in [2.75, 3.05) is 0 Å². The molecule has 0 aliphatic carbocycles. The molecule has 2 N–H and O–H groups in total. The Balaban J connectivity index is 2.33. The molecule has 3 rings (SSSR count). The van der Waals surface area contributed by atoms with E-state index in [1.807, 2.05) is 24.3 Å². The number of hydrogen-bond acceptors (Lipinski definition) is 3. The van der Waals surface area contributed by atoms with Crippen molar-refractivity contribution >= 4 is 16.7 Å². The van der Waals surface area contributed by atoms with Crippen molar-refractivity contribution < 1.29 is 19.4 Å². The molecule has 0 bridgehead atoms. The second-order valence-electron chi connectivity index (χ2n) is 5.62. The number of aryl methyl sites for hydroxylation is 2. The van der Waals surface area contributed by atoms with Crippen LogP contribution in [-0.2, 0) is 6.42 Å². The van der Waals surface area contributed by atoms with Crippen molar-refractivity contribution in [3.05, 3.63) is 52.8 Å². The Morgan fingerprint density at radius 3 is 2.52 bits per heavy atom. The smallest absolute Gasteiger partial charge is 0.339 e. The summed E-state index contributed by atoms with van der Waals surface area (Å²) in [5, 5.41) is 21.8. The molecule has 0 aliphatic heterocycles. The molecule has 1 heterocycles. The number of hydrogen-bond donors (Lipinski definition) is 2. The van der Waals surface area contributed by atoms with Crippen LogP contribution in [-0.4, -0.2) is 16.2 Å². The molecule has 0 spiro atoms. The molecule has 3 aromatic rings. The molecular formula is C19H18O4. The number of carboxylic acid groups (broad SMARTS) is 1. The van der Waals surface area contributed by atoms with Gasteiger partial charge >= 0.3 is 5.97 Å². The summed E-state index contributed by atoms with van der Waals surface area (Å²) in [6.07, 6.45) is 0.857. The Bertz CT molecular complexity index is 919. The molecule has 0 saturated heterocycles. The highest BCUT2D eigenvalue weighted by atomic mass is 16.4. The van der Waals surface area contributed by atoms with Crippen LogP contribution in [0.5, 0.6) is 5.75 Å². The standard InChI is InChI=1S/C19H18O4/c1-4-12-6-5-7-14-13(12)8-9-15(17(14)20)18-16(19(21)22)10(2)11(3)23-18/h5-9,20H,4H2,1-3H3,(H,21,22). The van der Waals surface area contributed by atoms with Crippen molar-refractivity contribution in [1.29, 1.82) is 0 Å². The number of phenolic OH excluding ortho intramolecular Hbond substituents is 1. The summed E-state index contributed by atoms with van der Waals surface area (Å²) in [7, 11) is 0. The van der Waals surface area contributed by atoms with Gasteiger partial charge in [-0.15, -0.1) is 0 Å². The van der Waals surface area contributed by atoms with Crippen LogP contribution >= 0.6 is 0 Å². The molecule has 0 unspecified atom stereocenters. The minimum atomic E-state index is -1.06. The van der Waals surface area contributed by atoms with Gasteiger partial charge in [-0.2, -0.15) is 0 Å². The van der Waals surface area contributed by atoms with Gasteiger partial charge in [-0.25, -0.2) is 4.79 Å². The van der Waals surface area contributed by atoms with Crippen LogP contribution in [0.2, 0.25) is 0 Å². The quantitative estimate of drug-likeness (QED) is 0.736. The van der Waals surface area contributed by atoms with Gasteiger partial charge in [0, 0.05) is 10.9 Å². The molecule has 0 atom stereocenters. The van der Waals surface area contributed by atoms with Gasteiger partial charge in [0.05, 0.1) is 5.56 Å². The molecule has 0 radical (unpaired) electrons. The van der Waals surface area contributed by atoms with Gasteiger partial charge in [-0.05, 0) is 37.3 Å².